The van der Waals surface area contributed by atoms with Gasteiger partial charge in [-0.1, -0.05) is 26.7 Å². The molecule has 0 aromatic heterocycles. The molecule has 0 rings (SSSR count). The number of nitrogens with one attached hydrogen (secondary N) is 3. The molecule has 3 N–H and O–H groups in total. The van der Waals surface area contributed by atoms with Gasteiger partial charge in [-0.25, -0.2) is 14.4 Å². The largest absolute Gasteiger partial charge is 0.460 e. The van der Waals surface area contributed by atoms with E-state index in [1.54, 1.807) is 0 Å². The lowest BCUT2D eigenvalue weighted by Gasteiger charge is -2.32. The Morgan fingerprint density at radius 3 is 1.09 bits per heavy atom. The molecule has 0 unspecified atom stereocenters. The molecular weight excluding hydrogens is 438 g/mol. The lowest BCUT2D eigenvalue weighted by molar-refractivity contribution is -0.141. The summed E-state index contributed by atoms with van der Waals surface area (Å²) in [4.78, 5) is 33.2. The second kappa shape index (κ2) is 24.0. The molecular formula is C21H35N3O9. The maximum Gasteiger partial charge on any atom is 0.330 e. The van der Waals surface area contributed by atoms with Crippen LogP contribution in [0, 0.1) is 5.41 Å². The summed E-state index contributed by atoms with van der Waals surface area (Å²) in [6.07, 6.45) is 3.90. The van der Waals surface area contributed by atoms with Crippen molar-refractivity contribution in [3.05, 3.63) is 38.0 Å². The molecule has 6 radical (unpaired) electrons. The molecule has 12 heteroatoms. The van der Waals surface area contributed by atoms with Crippen molar-refractivity contribution in [2.24, 2.45) is 5.41 Å². The number of hydrogen-bond donors (Lipinski definition) is 0. The highest BCUT2D eigenvalue weighted by molar-refractivity contribution is 5.81. The summed E-state index contributed by atoms with van der Waals surface area (Å²) in [6.45, 7) is 13.7. The van der Waals surface area contributed by atoms with Gasteiger partial charge in [0.05, 0.1) is 39.6 Å². The Balaban J connectivity index is -0.00000140. The first-order valence-electron chi connectivity index (χ1n) is 9.53. The van der Waals surface area contributed by atoms with Crippen LogP contribution in [-0.2, 0) is 42.8 Å². The summed E-state index contributed by atoms with van der Waals surface area (Å²) >= 11 is 0. The Hall–Kier alpha value is -2.61. The predicted molar refractivity (Wildman–Crippen MR) is 118 cm³/mol. The average molecular weight is 474 g/mol. The van der Waals surface area contributed by atoms with Crippen molar-refractivity contribution in [1.29, 1.82) is 0 Å². The van der Waals surface area contributed by atoms with Crippen molar-refractivity contribution in [3.63, 3.8) is 0 Å². The Kier molecular flexibility index (Phi) is 27.5. The fourth-order valence-corrected chi connectivity index (χ4v) is 2.08. The van der Waals surface area contributed by atoms with Crippen LogP contribution in [0.25, 0.3) is 0 Å². The van der Waals surface area contributed by atoms with Gasteiger partial charge in [-0.2, -0.15) is 18.5 Å². The third-order valence-corrected chi connectivity index (χ3v) is 3.89. The quantitative estimate of drug-likeness (QED) is 0.112. The van der Waals surface area contributed by atoms with Crippen LogP contribution >= 0.6 is 0 Å². The minimum absolute atomic E-state index is 0. The fraction of sp³-hybridized carbons (Fsp3) is 0.571. The summed E-state index contributed by atoms with van der Waals surface area (Å²) < 4.78 is 31.5. The van der Waals surface area contributed by atoms with Crippen molar-refractivity contribution >= 4 is 17.9 Å². The van der Waals surface area contributed by atoms with Crippen LogP contribution in [0.1, 0.15) is 13.3 Å². The van der Waals surface area contributed by atoms with Crippen LogP contribution < -0.4 is 18.5 Å². The van der Waals surface area contributed by atoms with Crippen molar-refractivity contribution in [2.75, 3.05) is 59.5 Å². The van der Waals surface area contributed by atoms with E-state index in [0.717, 1.165) is 18.2 Å². The summed E-state index contributed by atoms with van der Waals surface area (Å²) in [5.41, 5.74) is -0.493. The van der Waals surface area contributed by atoms with Crippen LogP contribution in [0.5, 0.6) is 0 Å². The zero-order valence-corrected chi connectivity index (χ0v) is 19.1. The van der Waals surface area contributed by atoms with E-state index in [9.17, 15) is 14.4 Å². The van der Waals surface area contributed by atoms with E-state index in [1.165, 1.54) is 0 Å². The summed E-state index contributed by atoms with van der Waals surface area (Å²) in [5, 5.41) is 0. The molecule has 188 valence electrons. The molecule has 12 nitrogen and oxygen atoms in total. The maximum absolute atomic E-state index is 11.1. The smallest absolute Gasteiger partial charge is 0.330 e. The van der Waals surface area contributed by atoms with Gasteiger partial charge in [0, 0.05) is 23.6 Å². The Morgan fingerprint density at radius 2 is 0.879 bits per heavy atom. The highest BCUT2D eigenvalue weighted by Gasteiger charge is 2.30. The molecule has 0 aliphatic heterocycles. The van der Waals surface area contributed by atoms with Gasteiger partial charge in [0.15, 0.2) is 0 Å². The van der Waals surface area contributed by atoms with Gasteiger partial charge in [-0.05, 0) is 6.42 Å². The van der Waals surface area contributed by atoms with Gasteiger partial charge >= 0.3 is 17.9 Å². The zero-order valence-electron chi connectivity index (χ0n) is 19.1. The molecule has 0 saturated carbocycles. The van der Waals surface area contributed by atoms with Crippen LogP contribution in [0.3, 0.4) is 0 Å². The van der Waals surface area contributed by atoms with Crippen molar-refractivity contribution in [2.45, 2.75) is 13.3 Å². The monoisotopic (exact) mass is 473 g/mol. The van der Waals surface area contributed by atoms with E-state index < -0.39 is 23.3 Å². The lowest BCUT2D eigenvalue weighted by atomic mass is 9.88. The molecule has 0 aromatic carbocycles. The molecule has 0 heterocycles. The Morgan fingerprint density at radius 1 is 0.606 bits per heavy atom. The standard InChI is InChI=1S/C21H32O9.3HN/c1-5-18(22)28-12-9-25-15-21(8-4,16-26-10-13-29-19(23)6-2)17-27-11-14-30-20(24)7-3;;;/h5-7H,1-3,8-17H2,4H3;3*1H. The number of ether oxygens (including phenoxy) is 6. The predicted octanol–water partition coefficient (Wildman–Crippen LogP) is 0.821. The highest BCUT2D eigenvalue weighted by atomic mass is 16.6. The fourth-order valence-electron chi connectivity index (χ4n) is 2.08. The van der Waals surface area contributed by atoms with Crippen LogP contribution in [0.2, 0.25) is 0 Å². The van der Waals surface area contributed by atoms with Gasteiger partial charge in [0.2, 0.25) is 0 Å². The highest BCUT2D eigenvalue weighted by Crippen LogP contribution is 2.24. The maximum atomic E-state index is 11.1. The topological polar surface area (TPSA) is 203 Å². The van der Waals surface area contributed by atoms with E-state index in [-0.39, 0.29) is 77.9 Å². The minimum atomic E-state index is -0.518. The van der Waals surface area contributed by atoms with Gasteiger partial charge < -0.3 is 28.4 Å². The van der Waals surface area contributed by atoms with E-state index in [0.29, 0.717) is 6.42 Å². The molecule has 0 spiro atoms. The minimum Gasteiger partial charge on any atom is -0.460 e. The molecule has 0 bridgehead atoms. The molecule has 0 atom stereocenters. The zero-order chi connectivity index (χ0) is 22.7. The molecule has 0 saturated heterocycles. The van der Waals surface area contributed by atoms with Crippen LogP contribution in [0.4, 0.5) is 0 Å². The lowest BCUT2D eigenvalue weighted by Crippen LogP contribution is -2.38. The Labute approximate surface area is 196 Å². The first-order chi connectivity index (χ1) is 14.4. The SMILES string of the molecule is C=CC(=O)OCCOCC(CC)(COCCOC(=O)C=C)COCCOC(=O)C=C.[NH].[NH].[NH]. The van der Waals surface area contributed by atoms with Crippen molar-refractivity contribution in [3.8, 4) is 0 Å². The molecule has 0 aromatic rings. The number of carbonyl (C=O) groups excluding carboxylic acids is 3. The van der Waals surface area contributed by atoms with E-state index >= 15 is 0 Å². The van der Waals surface area contributed by atoms with Crippen LogP contribution in [0.15, 0.2) is 38.0 Å². The molecule has 33 heavy (non-hydrogen) atoms. The second-order valence-electron chi connectivity index (χ2n) is 6.13. The van der Waals surface area contributed by atoms with Gasteiger partial charge in [0.1, 0.15) is 19.8 Å². The van der Waals surface area contributed by atoms with Crippen LogP contribution in [-0.4, -0.2) is 77.4 Å². The normalized spacial score (nSPS) is 9.73. The average Bonchev–Trinajstić information content (AvgIpc) is 2.76. The third kappa shape index (κ3) is 19.8. The summed E-state index contributed by atoms with van der Waals surface area (Å²) in [6, 6.07) is 0. The molecule has 0 aliphatic rings. The number of hydrogen-bond acceptors (Lipinski definition) is 9. The molecule has 0 fully saturated rings. The third-order valence-electron chi connectivity index (χ3n) is 3.89. The molecule has 0 amide bonds. The van der Waals surface area contributed by atoms with E-state index in [1.807, 2.05) is 6.92 Å². The summed E-state index contributed by atoms with van der Waals surface area (Å²) in [7, 11) is 0. The number of rotatable bonds is 19. The Bertz CT molecular complexity index is 497. The number of esters is 3. The first-order valence-corrected chi connectivity index (χ1v) is 9.53. The van der Waals surface area contributed by atoms with Crippen molar-refractivity contribution < 1.29 is 42.8 Å². The number of carbonyl (C=O) groups is 3. The second-order valence-corrected chi connectivity index (χ2v) is 6.13. The van der Waals surface area contributed by atoms with Gasteiger partial charge in [-0.3, -0.25) is 0 Å². The van der Waals surface area contributed by atoms with Gasteiger partial charge in [0.25, 0.3) is 0 Å². The van der Waals surface area contributed by atoms with E-state index in [4.69, 9.17) is 28.4 Å². The first kappa shape index (κ1) is 37.7. The van der Waals surface area contributed by atoms with Crippen molar-refractivity contribution in [1.82, 2.24) is 18.5 Å². The van der Waals surface area contributed by atoms with E-state index in [2.05, 4.69) is 19.7 Å². The summed E-state index contributed by atoms with van der Waals surface area (Å²) in [5.74, 6) is -1.56. The molecule has 0 aliphatic carbocycles. The van der Waals surface area contributed by atoms with Gasteiger partial charge in [-0.15, -0.1) is 0 Å².